The summed E-state index contributed by atoms with van der Waals surface area (Å²) < 4.78 is 50.1. The van der Waals surface area contributed by atoms with E-state index in [1.54, 1.807) is 37.4 Å². The van der Waals surface area contributed by atoms with Gasteiger partial charge in [0.15, 0.2) is 6.61 Å². The molecule has 1 amide bonds. The van der Waals surface area contributed by atoms with Crippen molar-refractivity contribution in [1.82, 2.24) is 9.79 Å². The van der Waals surface area contributed by atoms with E-state index < -0.39 is 43.9 Å². The smallest absolute Gasteiger partial charge is 0.497 e. The summed E-state index contributed by atoms with van der Waals surface area (Å²) in [6.45, 7) is -5.14. The number of allylic oxidation sites excluding steroid dienone is 1. The first-order valence-electron chi connectivity index (χ1n) is 18.2. The number of carbonyl (C=O) groups is 3. The van der Waals surface area contributed by atoms with Gasteiger partial charge in [-0.1, -0.05) is 60.7 Å². The zero-order valence-corrected chi connectivity index (χ0v) is 32.6. The van der Waals surface area contributed by atoms with Gasteiger partial charge in [-0.25, -0.2) is 4.79 Å². The number of carboxylic acids is 2. The molecule has 3 heterocycles. The van der Waals surface area contributed by atoms with Crippen LogP contribution in [0.15, 0.2) is 112 Å². The fraction of sp³-hybridized carbons (Fsp3) is 0.167. The van der Waals surface area contributed by atoms with E-state index in [4.69, 9.17) is 19.6 Å². The van der Waals surface area contributed by atoms with Crippen LogP contribution in [-0.4, -0.2) is 75.3 Å². The Kier molecular flexibility index (Phi) is 10.0. The first-order valence-corrected chi connectivity index (χ1v) is 19.3. The first kappa shape index (κ1) is 37.8. The number of rotatable bonds is 12. The van der Waals surface area contributed by atoms with E-state index in [0.29, 0.717) is 50.1 Å². The summed E-state index contributed by atoms with van der Waals surface area (Å²) in [4.78, 5) is 40.2. The second-order valence-electron chi connectivity index (χ2n) is 13.8. The van der Waals surface area contributed by atoms with Crippen LogP contribution < -0.4 is 14.8 Å². The summed E-state index contributed by atoms with van der Waals surface area (Å²) in [7, 11) is 1.58. The van der Waals surface area contributed by atoms with Crippen molar-refractivity contribution in [2.75, 3.05) is 13.7 Å². The molecule has 0 saturated carbocycles. The maximum absolute atomic E-state index is 18.1. The van der Waals surface area contributed by atoms with Crippen molar-refractivity contribution in [3.63, 3.8) is 0 Å². The van der Waals surface area contributed by atoms with Crippen LogP contribution in [0.4, 0.5) is 14.4 Å². The largest absolute Gasteiger partial charge is 0.642 e. The number of amides is 1. The van der Waals surface area contributed by atoms with Gasteiger partial charge in [0.25, 0.3) is 11.7 Å². The van der Waals surface area contributed by atoms with Crippen molar-refractivity contribution in [3.8, 4) is 33.9 Å². The Bertz CT molecular complexity index is 2560. The highest BCUT2D eigenvalue weighted by Gasteiger charge is 2.56. The Morgan fingerprint density at radius 2 is 1.58 bits per heavy atom. The number of carboxylic acid groups (broad SMARTS) is 2. The van der Waals surface area contributed by atoms with Gasteiger partial charge in [-0.3, -0.25) is 9.59 Å². The molecule has 0 fully saturated rings. The van der Waals surface area contributed by atoms with Gasteiger partial charge in [0.1, 0.15) is 23.3 Å². The molecular weight excluding hydrogens is 848 g/mol. The SMILES string of the molecule is COc1ccc2c(c1)CCc1c(-c3ccccc3)c3n(c1-2)[B-](F)(F)[N+]1=C(c2ccc(OCC(=O)N[C@@H](CCC(=O)O)C(=O)O)cc2)C(I)=C(c2ccccc2)C1=N3. The second-order valence-corrected chi connectivity index (χ2v) is 14.9. The highest BCUT2D eigenvalue weighted by Crippen LogP contribution is 2.52. The Hall–Kier alpha value is -6.10. The van der Waals surface area contributed by atoms with Gasteiger partial charge >= 0.3 is 18.9 Å². The minimum atomic E-state index is -4.59. The Morgan fingerprint density at radius 1 is 0.912 bits per heavy atom. The van der Waals surface area contributed by atoms with E-state index in [-0.39, 0.29) is 29.5 Å². The number of benzene rings is 4. The fourth-order valence-corrected chi connectivity index (χ4v) is 8.92. The molecular formula is C42H34BF2IN4O7. The molecule has 0 saturated heterocycles. The van der Waals surface area contributed by atoms with Crippen molar-refractivity contribution < 1.29 is 47.2 Å². The van der Waals surface area contributed by atoms with E-state index in [9.17, 15) is 19.5 Å². The normalized spacial score (nSPS) is 15.5. The molecule has 11 nitrogen and oxygen atoms in total. The number of amidine groups is 1. The Morgan fingerprint density at radius 3 is 2.23 bits per heavy atom. The van der Waals surface area contributed by atoms with Gasteiger partial charge < -0.3 is 42.6 Å². The number of ether oxygens (including phenoxy) is 2. The average molecular weight is 882 g/mol. The molecule has 1 atom stereocenters. The number of nitrogens with zero attached hydrogens (tertiary/aromatic N) is 3. The van der Waals surface area contributed by atoms with E-state index in [1.807, 2.05) is 72.8 Å². The molecule has 3 N–H and O–H groups in total. The van der Waals surface area contributed by atoms with Gasteiger partial charge in [-0.05, 0) is 117 Å². The quantitative estimate of drug-likeness (QED) is 0.0878. The van der Waals surface area contributed by atoms with Crippen LogP contribution in [0.2, 0.25) is 0 Å². The lowest BCUT2D eigenvalue weighted by molar-refractivity contribution is -0.291. The molecule has 4 aromatic carbocycles. The van der Waals surface area contributed by atoms with Gasteiger partial charge in [0.2, 0.25) is 5.82 Å². The third-order valence-corrected chi connectivity index (χ3v) is 11.4. The fourth-order valence-electron chi connectivity index (χ4n) is 7.80. The van der Waals surface area contributed by atoms with E-state index in [1.165, 1.54) is 0 Å². The molecule has 0 radical (unpaired) electrons. The van der Waals surface area contributed by atoms with E-state index in [2.05, 4.69) is 27.9 Å². The molecule has 15 heteroatoms. The molecule has 8 rings (SSSR count). The Balaban J connectivity index is 1.24. The molecule has 3 aliphatic rings. The number of fused-ring (bicyclic) bond motifs is 6. The van der Waals surface area contributed by atoms with E-state index >= 15 is 8.63 Å². The molecule has 1 aromatic heterocycles. The van der Waals surface area contributed by atoms with Crippen LogP contribution in [-0.2, 0) is 27.2 Å². The van der Waals surface area contributed by atoms with Gasteiger partial charge in [0.05, 0.1) is 21.8 Å². The lowest BCUT2D eigenvalue weighted by Crippen LogP contribution is -2.53. The van der Waals surface area contributed by atoms with Crippen molar-refractivity contribution in [2.24, 2.45) is 4.99 Å². The van der Waals surface area contributed by atoms with Crippen LogP contribution in [0.25, 0.3) is 28.0 Å². The minimum Gasteiger partial charge on any atom is -0.497 e. The molecule has 0 bridgehead atoms. The number of methoxy groups -OCH3 is 1. The number of hydrogen-bond acceptors (Lipinski definition) is 6. The third-order valence-electron chi connectivity index (χ3n) is 10.3. The summed E-state index contributed by atoms with van der Waals surface area (Å²) in [6, 6.07) is 29.4. The molecule has 57 heavy (non-hydrogen) atoms. The number of carbonyl (C=O) groups excluding carboxylic acids is 1. The van der Waals surface area contributed by atoms with Crippen molar-refractivity contribution in [3.05, 3.63) is 129 Å². The highest BCUT2D eigenvalue weighted by molar-refractivity contribution is 14.1. The predicted molar refractivity (Wildman–Crippen MR) is 220 cm³/mol. The molecule has 288 valence electrons. The number of aryl methyl sites for hydroxylation is 1. The molecule has 5 aromatic rings. The molecule has 1 aliphatic carbocycles. The number of aliphatic imine (C=N–C) groups is 1. The minimum absolute atomic E-state index is 0.132. The predicted octanol–water partition coefficient (Wildman–Crippen LogP) is 7.37. The van der Waals surface area contributed by atoms with Crippen LogP contribution >= 0.6 is 22.6 Å². The van der Waals surface area contributed by atoms with Gasteiger partial charge in [0, 0.05) is 17.7 Å². The lowest BCUT2D eigenvalue weighted by Gasteiger charge is -2.33. The third kappa shape index (κ3) is 6.79. The number of nitrogens with one attached hydrogen (secondary N) is 1. The van der Waals surface area contributed by atoms with Gasteiger partial charge in [-0.15, -0.1) is 0 Å². The number of hydrogen-bond donors (Lipinski definition) is 3. The lowest BCUT2D eigenvalue weighted by atomic mass is 9.85. The monoisotopic (exact) mass is 882 g/mol. The van der Waals surface area contributed by atoms with Crippen LogP contribution in [0.5, 0.6) is 11.5 Å². The van der Waals surface area contributed by atoms with Crippen molar-refractivity contribution in [1.29, 1.82) is 0 Å². The Labute approximate surface area is 339 Å². The first-order chi connectivity index (χ1) is 27.5. The maximum atomic E-state index is 18.1. The second kappa shape index (κ2) is 15.1. The van der Waals surface area contributed by atoms with Crippen LogP contribution in [0, 0.1) is 0 Å². The van der Waals surface area contributed by atoms with Crippen molar-refractivity contribution in [2.45, 2.75) is 31.7 Å². The summed E-state index contributed by atoms with van der Waals surface area (Å²) in [6.07, 6.45) is 0.446. The zero-order valence-electron chi connectivity index (χ0n) is 30.4. The summed E-state index contributed by atoms with van der Waals surface area (Å²) in [5.74, 6) is -2.10. The van der Waals surface area contributed by atoms with Gasteiger partial charge in [-0.2, -0.15) is 0 Å². The summed E-state index contributed by atoms with van der Waals surface area (Å²) >= 11 is 2.12. The van der Waals surface area contributed by atoms with Crippen LogP contribution in [0.1, 0.15) is 35.1 Å². The number of aromatic nitrogens is 1. The number of halogens is 3. The summed E-state index contributed by atoms with van der Waals surface area (Å²) in [5.41, 5.74) is 6.33. The maximum Gasteiger partial charge on any atom is 0.642 e. The topological polar surface area (TPSA) is 142 Å². The summed E-state index contributed by atoms with van der Waals surface area (Å²) in [5, 5.41) is 20.6. The molecule has 2 aliphatic heterocycles. The van der Waals surface area contributed by atoms with Crippen molar-refractivity contribution >= 4 is 70.3 Å². The van der Waals surface area contributed by atoms with E-state index in [0.717, 1.165) is 31.2 Å². The van der Waals surface area contributed by atoms with Crippen LogP contribution in [0.3, 0.4) is 0 Å². The molecule has 0 spiro atoms. The molecule has 0 unspecified atom stereocenters. The average Bonchev–Trinajstić information content (AvgIpc) is 3.71. The highest BCUT2D eigenvalue weighted by atomic mass is 127. The number of aliphatic carboxylic acids is 2. The zero-order chi connectivity index (χ0) is 40.0. The standard InChI is InChI=1S/C42H34BF2IN4O7/c1-56-29-17-19-30-27(22-29)14-18-31-35(24-8-4-2-5-9-24)40-48-41-36(25-10-6-3-7-11-25)37(46)38(49(41)43(44,45)50(40)39(30)31)26-12-15-28(16-13-26)57-23-33(51)47-32(42(54)55)20-21-34(52)53/h2-13,15-17,19,22,32H,14,18,20-21,23H2,1H3,(H,47,51)(H,52,53)(H,54,55)/t32-/m0/s1.